The van der Waals surface area contributed by atoms with Gasteiger partial charge in [0.1, 0.15) is 5.75 Å². The summed E-state index contributed by atoms with van der Waals surface area (Å²) in [5.41, 5.74) is 6.36. The third-order valence-corrected chi connectivity index (χ3v) is 3.23. The first kappa shape index (κ1) is 11.0. The van der Waals surface area contributed by atoms with E-state index in [4.69, 9.17) is 10.5 Å². The first-order valence-electron chi connectivity index (χ1n) is 5.35. The molecule has 1 aromatic carbocycles. The highest BCUT2D eigenvalue weighted by Gasteiger charge is 1.96. The summed E-state index contributed by atoms with van der Waals surface area (Å²) in [5.74, 6) is 0.889. The lowest BCUT2D eigenvalue weighted by atomic mass is 10.3. The molecule has 1 heterocycles. The van der Waals surface area contributed by atoms with E-state index in [2.05, 4.69) is 17.5 Å². The Bertz CT molecular complexity index is 408. The van der Waals surface area contributed by atoms with E-state index < -0.39 is 0 Å². The van der Waals surface area contributed by atoms with Crippen molar-refractivity contribution >= 4 is 17.0 Å². The van der Waals surface area contributed by atoms with Crippen LogP contribution in [0.4, 0.5) is 5.69 Å². The minimum absolute atomic E-state index is 0.752. The molecule has 0 bridgehead atoms. The molecule has 3 heteroatoms. The minimum atomic E-state index is 0.752. The number of thiophene rings is 1. The third kappa shape index (κ3) is 3.28. The van der Waals surface area contributed by atoms with Gasteiger partial charge in [0.05, 0.1) is 6.61 Å². The molecule has 2 aromatic rings. The van der Waals surface area contributed by atoms with E-state index in [9.17, 15) is 0 Å². The number of ether oxygens (including phenoxy) is 1. The average Bonchev–Trinajstić information content (AvgIpc) is 2.80. The van der Waals surface area contributed by atoms with Gasteiger partial charge in [0.25, 0.3) is 0 Å². The monoisotopic (exact) mass is 233 g/mol. The van der Waals surface area contributed by atoms with Gasteiger partial charge in [-0.05, 0) is 48.6 Å². The predicted molar refractivity (Wildman–Crippen MR) is 69.0 cm³/mol. The fraction of sp³-hybridized carbons (Fsp3) is 0.231. The Morgan fingerprint density at radius 1 is 1.12 bits per heavy atom. The van der Waals surface area contributed by atoms with Crippen molar-refractivity contribution in [3.05, 3.63) is 46.7 Å². The van der Waals surface area contributed by atoms with Crippen LogP contribution in [0.2, 0.25) is 0 Å². The van der Waals surface area contributed by atoms with Gasteiger partial charge in [-0.1, -0.05) is 6.07 Å². The van der Waals surface area contributed by atoms with Crippen LogP contribution in [0.5, 0.6) is 5.75 Å². The molecular weight excluding hydrogens is 218 g/mol. The SMILES string of the molecule is Nc1ccc(OCCCc2cccs2)cc1. The second-order valence-corrected chi connectivity index (χ2v) is 4.63. The average molecular weight is 233 g/mol. The quantitative estimate of drug-likeness (QED) is 0.635. The molecule has 2 rings (SSSR count). The Kier molecular flexibility index (Phi) is 3.83. The topological polar surface area (TPSA) is 35.2 Å². The lowest BCUT2D eigenvalue weighted by Gasteiger charge is -2.05. The largest absolute Gasteiger partial charge is 0.494 e. The van der Waals surface area contributed by atoms with Crippen molar-refractivity contribution in [2.75, 3.05) is 12.3 Å². The van der Waals surface area contributed by atoms with Gasteiger partial charge < -0.3 is 10.5 Å². The van der Waals surface area contributed by atoms with Gasteiger partial charge in [0.2, 0.25) is 0 Å². The number of rotatable bonds is 5. The van der Waals surface area contributed by atoms with Gasteiger partial charge in [-0.2, -0.15) is 0 Å². The predicted octanol–water partition coefficient (Wildman–Crippen LogP) is 3.34. The fourth-order valence-electron chi connectivity index (χ4n) is 1.46. The number of aryl methyl sites for hydroxylation is 1. The summed E-state index contributed by atoms with van der Waals surface area (Å²) in [6.07, 6.45) is 2.14. The van der Waals surface area contributed by atoms with Crippen LogP contribution in [0.3, 0.4) is 0 Å². The van der Waals surface area contributed by atoms with Crippen molar-refractivity contribution in [1.82, 2.24) is 0 Å². The highest BCUT2D eigenvalue weighted by atomic mass is 32.1. The molecule has 84 valence electrons. The fourth-order valence-corrected chi connectivity index (χ4v) is 2.21. The maximum atomic E-state index is 5.61. The first-order chi connectivity index (χ1) is 7.84. The molecule has 0 fully saturated rings. The zero-order valence-electron chi connectivity index (χ0n) is 9.06. The van der Waals surface area contributed by atoms with Crippen molar-refractivity contribution in [1.29, 1.82) is 0 Å². The van der Waals surface area contributed by atoms with Gasteiger partial charge in [0.15, 0.2) is 0 Å². The van der Waals surface area contributed by atoms with E-state index in [0.717, 1.165) is 30.9 Å². The van der Waals surface area contributed by atoms with Crippen LogP contribution in [0.1, 0.15) is 11.3 Å². The Balaban J connectivity index is 1.70. The molecule has 0 atom stereocenters. The van der Waals surface area contributed by atoms with E-state index in [1.165, 1.54) is 4.88 Å². The summed E-state index contributed by atoms with van der Waals surface area (Å²) < 4.78 is 5.61. The van der Waals surface area contributed by atoms with E-state index in [1.807, 2.05) is 24.3 Å². The molecular formula is C13H15NOS. The summed E-state index contributed by atoms with van der Waals surface area (Å²) >= 11 is 1.80. The molecule has 0 radical (unpaired) electrons. The van der Waals surface area contributed by atoms with Crippen molar-refractivity contribution in [3.63, 3.8) is 0 Å². The van der Waals surface area contributed by atoms with E-state index in [-0.39, 0.29) is 0 Å². The minimum Gasteiger partial charge on any atom is -0.494 e. The molecule has 0 aliphatic carbocycles. The Morgan fingerprint density at radius 2 is 1.94 bits per heavy atom. The second kappa shape index (κ2) is 5.56. The summed E-state index contributed by atoms with van der Waals surface area (Å²) in [6, 6.07) is 11.8. The molecule has 2 nitrogen and oxygen atoms in total. The van der Waals surface area contributed by atoms with Crippen LogP contribution in [-0.4, -0.2) is 6.61 Å². The number of nitrogens with two attached hydrogens (primary N) is 1. The molecule has 0 saturated carbocycles. The van der Waals surface area contributed by atoms with E-state index in [0.29, 0.717) is 0 Å². The maximum absolute atomic E-state index is 5.61. The van der Waals surface area contributed by atoms with Crippen LogP contribution in [-0.2, 0) is 6.42 Å². The molecule has 0 aliphatic heterocycles. The lowest BCUT2D eigenvalue weighted by molar-refractivity contribution is 0.311. The van der Waals surface area contributed by atoms with Crippen LogP contribution < -0.4 is 10.5 Å². The summed E-state index contributed by atoms with van der Waals surface area (Å²) in [4.78, 5) is 1.42. The van der Waals surface area contributed by atoms with Gasteiger partial charge in [-0.15, -0.1) is 11.3 Å². The highest BCUT2D eigenvalue weighted by Crippen LogP contribution is 2.14. The van der Waals surface area contributed by atoms with Crippen LogP contribution >= 0.6 is 11.3 Å². The molecule has 16 heavy (non-hydrogen) atoms. The molecule has 0 aliphatic rings. The number of hydrogen-bond acceptors (Lipinski definition) is 3. The van der Waals surface area contributed by atoms with Crippen LogP contribution in [0, 0.1) is 0 Å². The molecule has 0 unspecified atom stereocenters. The molecule has 2 N–H and O–H groups in total. The van der Waals surface area contributed by atoms with Crippen LogP contribution in [0.15, 0.2) is 41.8 Å². The van der Waals surface area contributed by atoms with Crippen molar-refractivity contribution in [2.24, 2.45) is 0 Å². The number of benzene rings is 1. The molecule has 0 spiro atoms. The Hall–Kier alpha value is -1.48. The number of anilines is 1. The lowest BCUT2D eigenvalue weighted by Crippen LogP contribution is -1.98. The van der Waals surface area contributed by atoms with Crippen molar-refractivity contribution in [2.45, 2.75) is 12.8 Å². The standard InChI is InChI=1S/C13H15NOS/c14-11-5-7-12(8-6-11)15-9-1-3-13-4-2-10-16-13/h2,4-8,10H,1,3,9,14H2. The zero-order valence-corrected chi connectivity index (χ0v) is 9.87. The maximum Gasteiger partial charge on any atom is 0.119 e. The number of nitrogen functional groups attached to an aromatic ring is 1. The summed E-state index contributed by atoms with van der Waals surface area (Å²) in [6.45, 7) is 0.752. The van der Waals surface area contributed by atoms with E-state index >= 15 is 0 Å². The van der Waals surface area contributed by atoms with Gasteiger partial charge in [-0.25, -0.2) is 0 Å². The number of hydrogen-bond donors (Lipinski definition) is 1. The van der Waals surface area contributed by atoms with Gasteiger partial charge >= 0.3 is 0 Å². The molecule has 0 saturated heterocycles. The normalized spacial score (nSPS) is 10.2. The highest BCUT2D eigenvalue weighted by molar-refractivity contribution is 7.09. The zero-order chi connectivity index (χ0) is 11.2. The summed E-state index contributed by atoms with van der Waals surface area (Å²) in [5, 5.41) is 2.11. The van der Waals surface area contributed by atoms with Crippen molar-refractivity contribution < 1.29 is 4.74 Å². The third-order valence-electron chi connectivity index (χ3n) is 2.30. The molecule has 1 aromatic heterocycles. The van der Waals surface area contributed by atoms with E-state index in [1.54, 1.807) is 11.3 Å². The molecule has 0 amide bonds. The first-order valence-corrected chi connectivity index (χ1v) is 6.23. The smallest absolute Gasteiger partial charge is 0.119 e. The second-order valence-electron chi connectivity index (χ2n) is 3.60. The van der Waals surface area contributed by atoms with Gasteiger partial charge in [0, 0.05) is 10.6 Å². The Labute approximate surface area is 99.7 Å². The van der Waals surface area contributed by atoms with Crippen LogP contribution in [0.25, 0.3) is 0 Å². The summed E-state index contributed by atoms with van der Waals surface area (Å²) in [7, 11) is 0. The Morgan fingerprint density at radius 3 is 2.62 bits per heavy atom. The van der Waals surface area contributed by atoms with Gasteiger partial charge in [-0.3, -0.25) is 0 Å². The van der Waals surface area contributed by atoms with Crippen molar-refractivity contribution in [3.8, 4) is 5.75 Å².